The molecule has 0 bridgehead atoms. The van der Waals surface area contributed by atoms with Crippen LogP contribution in [-0.2, 0) is 14.3 Å². The summed E-state index contributed by atoms with van der Waals surface area (Å²) in [5.41, 5.74) is 1.21. The second-order valence-electron chi connectivity index (χ2n) is 10.2. The first-order chi connectivity index (χ1) is 16.1. The first-order valence-electron chi connectivity index (χ1n) is 13.3. The van der Waals surface area contributed by atoms with E-state index in [9.17, 15) is 4.79 Å². The lowest BCUT2D eigenvalue weighted by Crippen LogP contribution is -2.45. The molecule has 34 heavy (non-hydrogen) atoms. The van der Waals surface area contributed by atoms with Gasteiger partial charge in [-0.3, -0.25) is 4.79 Å². The number of piperidine rings is 1. The first kappa shape index (κ1) is 26.9. The van der Waals surface area contributed by atoms with Crippen LogP contribution in [-0.4, -0.2) is 47.9 Å². The number of likely N-dealkylation sites (tertiary alicyclic amines) is 1. The molecule has 1 saturated carbocycles. The van der Waals surface area contributed by atoms with E-state index in [1.54, 1.807) is 12.5 Å². The van der Waals surface area contributed by atoms with Gasteiger partial charge in [-0.25, -0.2) is 0 Å². The third kappa shape index (κ3) is 7.14. The van der Waals surface area contributed by atoms with Gasteiger partial charge in [0.1, 0.15) is 18.3 Å². The average molecular weight is 491 g/mol. The van der Waals surface area contributed by atoms with Crippen molar-refractivity contribution in [3.8, 4) is 0 Å². The summed E-state index contributed by atoms with van der Waals surface area (Å²) in [6.45, 7) is 8.52. The zero-order valence-corrected chi connectivity index (χ0v) is 21.9. The molecule has 0 N–H and O–H groups in total. The predicted octanol–water partition coefficient (Wildman–Crippen LogP) is 6.33. The molecule has 0 aromatic rings. The van der Waals surface area contributed by atoms with Gasteiger partial charge in [0.2, 0.25) is 5.91 Å². The topological polar surface area (TPSA) is 42.0 Å². The van der Waals surface area contributed by atoms with Crippen molar-refractivity contribution in [2.75, 3.05) is 26.2 Å². The van der Waals surface area contributed by atoms with Crippen LogP contribution in [0.15, 0.2) is 47.8 Å². The van der Waals surface area contributed by atoms with E-state index in [1.807, 2.05) is 0 Å². The maximum Gasteiger partial charge on any atom is 0.225 e. The molecule has 4 aliphatic rings. The second kappa shape index (κ2) is 13.4. The van der Waals surface area contributed by atoms with Gasteiger partial charge in [-0.15, -0.1) is 12.4 Å². The molecule has 0 radical (unpaired) electrons. The number of amides is 1. The molecule has 4 rings (SSSR count). The molecule has 0 aromatic heterocycles. The summed E-state index contributed by atoms with van der Waals surface area (Å²) in [6, 6.07) is 0.381. The molecule has 190 valence electrons. The molecule has 0 spiro atoms. The number of hydrogen-bond donors (Lipinski definition) is 0. The Bertz CT molecular complexity index is 789. The third-order valence-electron chi connectivity index (χ3n) is 7.85. The fourth-order valence-corrected chi connectivity index (χ4v) is 5.72. The lowest BCUT2D eigenvalue weighted by molar-refractivity contribution is -0.138. The van der Waals surface area contributed by atoms with Crippen LogP contribution in [0.3, 0.4) is 0 Å². The lowest BCUT2D eigenvalue weighted by atomic mass is 9.87. The Morgan fingerprint density at radius 2 is 1.91 bits per heavy atom. The smallest absolute Gasteiger partial charge is 0.225 e. The van der Waals surface area contributed by atoms with Gasteiger partial charge in [0, 0.05) is 38.0 Å². The van der Waals surface area contributed by atoms with Crippen molar-refractivity contribution in [2.45, 2.75) is 84.1 Å². The Morgan fingerprint density at radius 1 is 1.15 bits per heavy atom. The number of halogens is 1. The van der Waals surface area contributed by atoms with Crippen molar-refractivity contribution in [1.82, 2.24) is 9.80 Å². The maximum atomic E-state index is 12.9. The number of rotatable bonds is 8. The van der Waals surface area contributed by atoms with Crippen LogP contribution in [0.1, 0.15) is 78.1 Å². The van der Waals surface area contributed by atoms with Crippen molar-refractivity contribution < 1.29 is 14.3 Å². The van der Waals surface area contributed by atoms with E-state index in [1.165, 1.54) is 24.8 Å². The van der Waals surface area contributed by atoms with E-state index in [0.29, 0.717) is 23.8 Å². The zero-order valence-electron chi connectivity index (χ0n) is 21.0. The minimum absolute atomic E-state index is 0. The van der Waals surface area contributed by atoms with Gasteiger partial charge in [0.05, 0.1) is 0 Å². The van der Waals surface area contributed by atoms with Gasteiger partial charge in [-0.1, -0.05) is 44.4 Å². The summed E-state index contributed by atoms with van der Waals surface area (Å²) < 4.78 is 11.8. The molecule has 2 heterocycles. The monoisotopic (exact) mass is 490 g/mol. The van der Waals surface area contributed by atoms with Crippen LogP contribution in [0.25, 0.3) is 0 Å². The molecule has 1 saturated heterocycles. The number of allylic oxidation sites excluding steroid dienone is 4. The molecular weight excluding hydrogens is 448 g/mol. The van der Waals surface area contributed by atoms with E-state index >= 15 is 0 Å². The summed E-state index contributed by atoms with van der Waals surface area (Å²) in [4.78, 5) is 17.6. The number of nitrogens with zero attached hydrogens (tertiary/aromatic N) is 2. The van der Waals surface area contributed by atoms with Crippen molar-refractivity contribution in [2.24, 2.45) is 11.8 Å². The summed E-state index contributed by atoms with van der Waals surface area (Å²) in [5.74, 6) is 3.15. The molecule has 2 fully saturated rings. The fourth-order valence-electron chi connectivity index (χ4n) is 5.72. The van der Waals surface area contributed by atoms with Gasteiger partial charge in [-0.2, -0.15) is 0 Å². The Balaban J connectivity index is 0.00000324. The molecule has 1 amide bonds. The molecule has 1 unspecified atom stereocenters. The van der Waals surface area contributed by atoms with Crippen LogP contribution in [0.4, 0.5) is 0 Å². The quantitative estimate of drug-likeness (QED) is 0.398. The van der Waals surface area contributed by atoms with Crippen LogP contribution < -0.4 is 0 Å². The van der Waals surface area contributed by atoms with Crippen molar-refractivity contribution >= 4 is 18.3 Å². The minimum atomic E-state index is 0. The summed E-state index contributed by atoms with van der Waals surface area (Å²) in [5, 5.41) is 0. The molecular formula is C28H43ClN2O3. The van der Waals surface area contributed by atoms with E-state index < -0.39 is 0 Å². The zero-order chi connectivity index (χ0) is 23.0. The summed E-state index contributed by atoms with van der Waals surface area (Å²) in [6.07, 6.45) is 21.0. The average Bonchev–Trinajstić information content (AvgIpc) is 2.88. The van der Waals surface area contributed by atoms with Crippen LogP contribution >= 0.6 is 12.4 Å². The number of carbonyl (C=O) groups is 1. The van der Waals surface area contributed by atoms with Gasteiger partial charge in [0.15, 0.2) is 5.76 Å². The lowest BCUT2D eigenvalue weighted by Gasteiger charge is -2.38. The highest BCUT2D eigenvalue weighted by Gasteiger charge is 2.30. The van der Waals surface area contributed by atoms with Crippen LogP contribution in [0, 0.1) is 11.8 Å². The van der Waals surface area contributed by atoms with Gasteiger partial charge in [0.25, 0.3) is 0 Å². The molecule has 0 aromatic carbocycles. The summed E-state index contributed by atoms with van der Waals surface area (Å²) >= 11 is 0. The Hall–Kier alpha value is -1.72. The highest BCUT2D eigenvalue weighted by molar-refractivity contribution is 5.85. The fraction of sp³-hybridized carbons (Fsp3) is 0.679. The Labute approximate surface area is 212 Å². The van der Waals surface area contributed by atoms with Gasteiger partial charge in [-0.05, 0) is 63.5 Å². The van der Waals surface area contributed by atoms with Gasteiger partial charge >= 0.3 is 0 Å². The SMILES string of the molecule is CCN(CC1CCN(C(=O)C2CCCCC2)CC1)C(C)CC1=COC=C(C2=CC=CCC2)O1.Cl. The van der Waals surface area contributed by atoms with Gasteiger partial charge < -0.3 is 19.3 Å². The number of hydrogen-bond acceptors (Lipinski definition) is 4. The number of carbonyl (C=O) groups excluding carboxylic acids is 1. The Morgan fingerprint density at radius 3 is 2.59 bits per heavy atom. The van der Waals surface area contributed by atoms with Crippen LogP contribution in [0.2, 0.25) is 0 Å². The molecule has 6 heteroatoms. The van der Waals surface area contributed by atoms with E-state index in [4.69, 9.17) is 9.47 Å². The molecule has 5 nitrogen and oxygen atoms in total. The number of ether oxygens (including phenoxy) is 2. The van der Waals surface area contributed by atoms with Crippen molar-refractivity contribution in [1.29, 1.82) is 0 Å². The largest absolute Gasteiger partial charge is 0.465 e. The van der Waals surface area contributed by atoms with E-state index in [0.717, 1.165) is 82.6 Å². The molecule has 2 aliphatic carbocycles. The predicted molar refractivity (Wildman–Crippen MR) is 139 cm³/mol. The third-order valence-corrected chi connectivity index (χ3v) is 7.85. The molecule has 2 aliphatic heterocycles. The standard InChI is InChI=1S/C28H42N2O3.ClH/c1-3-29(19-23-14-16-30(17-15-23)28(31)25-12-8-5-9-13-25)22(2)18-26-20-32-21-27(33-26)24-10-6-4-7-11-24;/h4,6,10,20-23,25H,3,5,7-9,11-19H2,1-2H3;1H. The normalized spacial score (nSPS) is 22.7. The first-order valence-corrected chi connectivity index (χ1v) is 13.3. The van der Waals surface area contributed by atoms with Crippen molar-refractivity contribution in [3.05, 3.63) is 47.8 Å². The van der Waals surface area contributed by atoms with E-state index in [2.05, 4.69) is 41.9 Å². The highest BCUT2D eigenvalue weighted by atomic mass is 35.5. The van der Waals surface area contributed by atoms with Crippen LogP contribution in [0.5, 0.6) is 0 Å². The molecule has 1 atom stereocenters. The minimum Gasteiger partial charge on any atom is -0.465 e. The summed E-state index contributed by atoms with van der Waals surface area (Å²) in [7, 11) is 0. The maximum absolute atomic E-state index is 12.9. The van der Waals surface area contributed by atoms with E-state index in [-0.39, 0.29) is 12.4 Å². The highest BCUT2D eigenvalue weighted by Crippen LogP contribution is 2.30. The second-order valence-corrected chi connectivity index (χ2v) is 10.2. The Kier molecular flexibility index (Phi) is 10.6. The van der Waals surface area contributed by atoms with Crippen molar-refractivity contribution in [3.63, 3.8) is 0 Å².